The molecule has 3 aromatic carbocycles. The lowest BCUT2D eigenvalue weighted by molar-refractivity contribution is 0.0699. The Bertz CT molecular complexity index is 1500. The second kappa shape index (κ2) is 8.81. The topological polar surface area (TPSA) is 89.2 Å². The first-order chi connectivity index (χ1) is 16.4. The number of carbonyl (C=O) groups is 1. The first-order valence-electron chi connectivity index (χ1n) is 10.2. The fraction of sp³-hybridized carbons (Fsp3) is 0.0400. The monoisotopic (exact) mass is 492 g/mol. The molecule has 2 heterocycles. The van der Waals surface area contributed by atoms with E-state index in [1.54, 1.807) is 77.7 Å². The van der Waals surface area contributed by atoms with Gasteiger partial charge in [-0.25, -0.2) is 4.79 Å². The first kappa shape index (κ1) is 21.9. The Balaban J connectivity index is 1.57. The lowest BCUT2D eigenvalue weighted by atomic mass is 10.1. The summed E-state index contributed by atoms with van der Waals surface area (Å²) in [4.78, 5) is 14.4. The highest BCUT2D eigenvalue weighted by molar-refractivity contribution is 7.90. The zero-order valence-electron chi connectivity index (χ0n) is 17.6. The van der Waals surface area contributed by atoms with Crippen molar-refractivity contribution >= 4 is 39.1 Å². The molecule has 170 valence electrons. The van der Waals surface area contributed by atoms with Crippen molar-refractivity contribution in [3.8, 4) is 5.75 Å². The Morgan fingerprint density at radius 3 is 2.44 bits per heavy atom. The van der Waals surface area contributed by atoms with E-state index in [1.807, 2.05) is 0 Å². The fourth-order valence-corrected chi connectivity index (χ4v) is 4.98. The van der Waals surface area contributed by atoms with Gasteiger partial charge in [-0.05, 0) is 54.6 Å². The SMILES string of the molecule is O=C(Oc1ccccc1CN(C1=NS(=O)(=O)c2ccccc21)c1ccc(Cl)cc1)c1ccco1. The smallest absolute Gasteiger partial charge is 0.379 e. The fourth-order valence-electron chi connectivity index (χ4n) is 3.64. The van der Waals surface area contributed by atoms with Gasteiger partial charge in [-0.2, -0.15) is 8.42 Å². The molecule has 0 radical (unpaired) electrons. The van der Waals surface area contributed by atoms with Crippen molar-refractivity contribution in [3.05, 3.63) is 113 Å². The normalized spacial score (nSPS) is 13.7. The molecule has 0 aliphatic carbocycles. The molecule has 4 aromatic rings. The average Bonchev–Trinajstić information content (AvgIpc) is 3.46. The largest absolute Gasteiger partial charge is 0.457 e. The lowest BCUT2D eigenvalue weighted by Gasteiger charge is -2.25. The number of hydrogen-bond donors (Lipinski definition) is 0. The summed E-state index contributed by atoms with van der Waals surface area (Å²) in [7, 11) is -3.84. The van der Waals surface area contributed by atoms with Gasteiger partial charge in [0.15, 0.2) is 5.84 Å². The van der Waals surface area contributed by atoms with Crippen LogP contribution in [0.3, 0.4) is 0 Å². The minimum Gasteiger partial charge on any atom is -0.457 e. The summed E-state index contributed by atoms with van der Waals surface area (Å²) in [6.45, 7) is 0.173. The molecule has 0 bridgehead atoms. The number of furan rings is 1. The Morgan fingerprint density at radius 1 is 0.941 bits per heavy atom. The number of nitrogens with zero attached hydrogens (tertiary/aromatic N) is 2. The number of fused-ring (bicyclic) bond motifs is 1. The van der Waals surface area contributed by atoms with Gasteiger partial charge in [0.2, 0.25) is 5.76 Å². The summed E-state index contributed by atoms with van der Waals surface area (Å²) in [5, 5.41) is 0.540. The Kier molecular flexibility index (Phi) is 5.69. The molecule has 0 fully saturated rings. The van der Waals surface area contributed by atoms with Crippen LogP contribution in [0.5, 0.6) is 5.75 Å². The van der Waals surface area contributed by atoms with Gasteiger partial charge in [-0.1, -0.05) is 41.9 Å². The highest BCUT2D eigenvalue weighted by Gasteiger charge is 2.32. The molecule has 7 nitrogen and oxygen atoms in total. The summed E-state index contributed by atoms with van der Waals surface area (Å²) in [6.07, 6.45) is 1.39. The number of sulfonamides is 1. The van der Waals surface area contributed by atoms with Crippen LogP contribution in [0.4, 0.5) is 5.69 Å². The number of ether oxygens (including phenoxy) is 1. The summed E-state index contributed by atoms with van der Waals surface area (Å²) in [6, 6.07) is 23.7. The van der Waals surface area contributed by atoms with E-state index in [-0.39, 0.29) is 23.0 Å². The quantitative estimate of drug-likeness (QED) is 0.277. The van der Waals surface area contributed by atoms with E-state index in [4.69, 9.17) is 20.8 Å². The summed E-state index contributed by atoms with van der Waals surface area (Å²) < 4.78 is 40.3. The van der Waals surface area contributed by atoms with Gasteiger partial charge >= 0.3 is 5.97 Å². The molecule has 1 aromatic heterocycles. The maximum absolute atomic E-state index is 12.7. The number of carbonyl (C=O) groups excluding carboxylic acids is 1. The van der Waals surface area contributed by atoms with Crippen LogP contribution in [0.15, 0.2) is 105 Å². The van der Waals surface area contributed by atoms with Crippen molar-refractivity contribution in [1.82, 2.24) is 0 Å². The predicted octanol–water partition coefficient (Wildman–Crippen LogP) is 5.31. The highest BCUT2D eigenvalue weighted by atomic mass is 35.5. The predicted molar refractivity (Wildman–Crippen MR) is 128 cm³/mol. The van der Waals surface area contributed by atoms with E-state index in [1.165, 1.54) is 18.4 Å². The molecule has 0 N–H and O–H groups in total. The Labute approximate surface area is 200 Å². The van der Waals surface area contributed by atoms with Gasteiger partial charge in [-0.3, -0.25) is 0 Å². The van der Waals surface area contributed by atoms with Gasteiger partial charge < -0.3 is 14.1 Å². The number of esters is 1. The molecule has 5 rings (SSSR count). The molecule has 1 aliphatic heterocycles. The standard InChI is InChI=1S/C25H17ClN2O5S/c26-18-11-13-19(14-12-18)28(24-20-7-2-4-10-23(20)34(30,31)27-24)16-17-6-1-3-8-21(17)33-25(29)22-9-5-15-32-22/h1-15H,16H2. The van der Waals surface area contributed by atoms with Gasteiger partial charge in [0, 0.05) is 21.8 Å². The van der Waals surface area contributed by atoms with Gasteiger partial charge in [0.1, 0.15) is 10.6 Å². The lowest BCUT2D eigenvalue weighted by Crippen LogP contribution is -2.30. The number of para-hydroxylation sites is 1. The number of halogens is 1. The van der Waals surface area contributed by atoms with Crippen molar-refractivity contribution in [1.29, 1.82) is 0 Å². The third-order valence-electron chi connectivity index (χ3n) is 5.23. The maximum Gasteiger partial charge on any atom is 0.379 e. The molecule has 0 unspecified atom stereocenters. The number of anilines is 1. The van der Waals surface area contributed by atoms with Gasteiger partial charge in [0.05, 0.1) is 12.8 Å². The zero-order valence-corrected chi connectivity index (χ0v) is 19.2. The van der Waals surface area contributed by atoms with Crippen LogP contribution in [0.2, 0.25) is 5.02 Å². The molecule has 34 heavy (non-hydrogen) atoms. The van der Waals surface area contributed by atoms with Gasteiger partial charge in [0.25, 0.3) is 10.0 Å². The van der Waals surface area contributed by atoms with E-state index in [2.05, 4.69) is 4.40 Å². The molecular formula is C25H17ClN2O5S. The van der Waals surface area contributed by atoms with E-state index in [9.17, 15) is 13.2 Å². The van der Waals surface area contributed by atoms with Crippen LogP contribution in [0.25, 0.3) is 0 Å². The summed E-state index contributed by atoms with van der Waals surface area (Å²) >= 11 is 6.08. The van der Waals surface area contributed by atoms with Crippen LogP contribution in [-0.4, -0.2) is 20.2 Å². The van der Waals surface area contributed by atoms with Crippen molar-refractivity contribution in [3.63, 3.8) is 0 Å². The third-order valence-corrected chi connectivity index (χ3v) is 6.81. The van der Waals surface area contributed by atoms with E-state index < -0.39 is 16.0 Å². The second-order valence-electron chi connectivity index (χ2n) is 7.42. The van der Waals surface area contributed by atoms with E-state index in [0.29, 0.717) is 27.6 Å². The third kappa shape index (κ3) is 4.21. The van der Waals surface area contributed by atoms with Crippen molar-refractivity contribution in [2.45, 2.75) is 11.4 Å². The Hall–Kier alpha value is -3.88. The first-order valence-corrected chi connectivity index (χ1v) is 12.1. The highest BCUT2D eigenvalue weighted by Crippen LogP contribution is 2.33. The number of benzene rings is 3. The van der Waals surface area contributed by atoms with Crippen LogP contribution in [0.1, 0.15) is 21.7 Å². The van der Waals surface area contributed by atoms with E-state index >= 15 is 0 Å². The number of amidine groups is 1. The number of hydrogen-bond acceptors (Lipinski definition) is 6. The summed E-state index contributed by atoms with van der Waals surface area (Å²) in [5.41, 5.74) is 1.80. The van der Waals surface area contributed by atoms with Crippen LogP contribution in [0, 0.1) is 0 Å². The van der Waals surface area contributed by atoms with Crippen molar-refractivity contribution < 1.29 is 22.4 Å². The Morgan fingerprint density at radius 2 is 1.68 bits per heavy atom. The molecule has 0 saturated carbocycles. The minimum absolute atomic E-state index is 0.0737. The van der Waals surface area contributed by atoms with Gasteiger partial charge in [-0.15, -0.1) is 4.40 Å². The molecule has 0 spiro atoms. The molecule has 1 aliphatic rings. The average molecular weight is 493 g/mol. The van der Waals surface area contributed by atoms with E-state index in [0.717, 1.165) is 0 Å². The second-order valence-corrected chi connectivity index (χ2v) is 9.43. The van der Waals surface area contributed by atoms with Crippen LogP contribution in [-0.2, 0) is 16.6 Å². The molecule has 0 amide bonds. The molecular weight excluding hydrogens is 476 g/mol. The minimum atomic E-state index is -3.84. The number of rotatable bonds is 5. The molecule has 9 heteroatoms. The van der Waals surface area contributed by atoms with Crippen LogP contribution >= 0.6 is 11.6 Å². The zero-order chi connectivity index (χ0) is 23.7. The van der Waals surface area contributed by atoms with Crippen LogP contribution < -0.4 is 9.64 Å². The maximum atomic E-state index is 12.7. The molecule has 0 saturated heterocycles. The molecule has 0 atom stereocenters. The summed E-state index contributed by atoms with van der Waals surface area (Å²) in [5.74, 6) is 0.0221. The van der Waals surface area contributed by atoms with Crippen molar-refractivity contribution in [2.75, 3.05) is 4.90 Å². The van der Waals surface area contributed by atoms with Crippen molar-refractivity contribution in [2.24, 2.45) is 4.40 Å².